The van der Waals surface area contributed by atoms with Crippen LogP contribution in [0.25, 0.3) is 0 Å². The van der Waals surface area contributed by atoms with E-state index in [0.717, 1.165) is 11.1 Å². The number of halogens is 1. The number of nitrogens with one attached hydrogen (secondary N) is 1. The van der Waals surface area contributed by atoms with Crippen LogP contribution in [0, 0.1) is 23.0 Å². The van der Waals surface area contributed by atoms with Crippen LogP contribution in [0.4, 0.5) is 5.69 Å². The molecule has 1 heterocycles. The Morgan fingerprint density at radius 2 is 1.86 bits per heavy atom. The van der Waals surface area contributed by atoms with Gasteiger partial charge in [-0.05, 0) is 71.3 Å². The molecule has 8 heteroatoms. The highest BCUT2D eigenvalue weighted by molar-refractivity contribution is 9.10. The number of nitro groups is 1. The van der Waals surface area contributed by atoms with Gasteiger partial charge in [-0.25, -0.2) is 4.79 Å². The van der Waals surface area contributed by atoms with Gasteiger partial charge in [0, 0.05) is 28.6 Å². The Hall–Kier alpha value is -3.39. The molecule has 4 rings (SSSR count). The Bertz CT molecular complexity index is 1270. The minimum Gasteiger partial charge on any atom is -0.512 e. The number of carbonyl (C=O) groups excluding carboxylic acids is 1. The zero-order valence-corrected chi connectivity index (χ0v) is 21.1. The molecule has 3 atom stereocenters. The number of H-pyrrole nitrogens is 1. The summed E-state index contributed by atoms with van der Waals surface area (Å²) in [6, 6.07) is 16.8. The second-order valence-electron chi connectivity index (χ2n) is 8.88. The van der Waals surface area contributed by atoms with Crippen LogP contribution in [0.5, 0.6) is 0 Å². The fraction of sp³-hybridized carbons (Fsp3) is 0.296. The van der Waals surface area contributed by atoms with Crippen molar-refractivity contribution in [2.75, 3.05) is 6.61 Å². The second kappa shape index (κ2) is 10.5. The molecule has 3 aromatic rings. The number of carbonyl (C=O) groups is 1. The lowest BCUT2D eigenvalue weighted by atomic mass is 9.66. The highest BCUT2D eigenvalue weighted by Gasteiger charge is 2.42. The van der Waals surface area contributed by atoms with Gasteiger partial charge < -0.3 is 14.8 Å². The first-order chi connectivity index (χ1) is 16.8. The van der Waals surface area contributed by atoms with Crippen molar-refractivity contribution in [2.24, 2.45) is 5.92 Å². The van der Waals surface area contributed by atoms with E-state index in [1.165, 1.54) is 0 Å². The van der Waals surface area contributed by atoms with E-state index in [1.807, 2.05) is 43.3 Å². The van der Waals surface area contributed by atoms with Crippen LogP contribution in [-0.4, -0.2) is 27.6 Å². The van der Waals surface area contributed by atoms with Crippen LogP contribution in [-0.2, 0) is 4.74 Å². The summed E-state index contributed by atoms with van der Waals surface area (Å²) in [5, 5.41) is 22.9. The number of nitrogens with zero attached hydrogens (tertiary/aromatic N) is 1. The van der Waals surface area contributed by atoms with Crippen molar-refractivity contribution in [3.63, 3.8) is 0 Å². The van der Waals surface area contributed by atoms with Crippen molar-refractivity contribution in [3.05, 3.63) is 109 Å². The van der Waals surface area contributed by atoms with E-state index in [9.17, 15) is 20.0 Å². The lowest BCUT2D eigenvalue weighted by molar-refractivity contribution is -0.386. The molecule has 0 spiro atoms. The molecule has 0 saturated heterocycles. The molecular weight excluding hydrogens is 512 g/mol. The minimum absolute atomic E-state index is 0.0698. The molecule has 0 saturated carbocycles. The molecule has 1 aliphatic rings. The van der Waals surface area contributed by atoms with Gasteiger partial charge in [-0.3, -0.25) is 10.1 Å². The van der Waals surface area contributed by atoms with E-state index in [1.54, 1.807) is 31.3 Å². The number of allylic oxidation sites excluding steroid dienone is 2. The van der Waals surface area contributed by atoms with Crippen LogP contribution in [0.2, 0.25) is 0 Å². The third kappa shape index (κ3) is 5.03. The van der Waals surface area contributed by atoms with Crippen molar-refractivity contribution in [3.8, 4) is 0 Å². The number of benzene rings is 2. The summed E-state index contributed by atoms with van der Waals surface area (Å²) < 4.78 is 6.24. The number of ether oxygens (including phenoxy) is 1. The van der Waals surface area contributed by atoms with Gasteiger partial charge in [0.25, 0.3) is 5.69 Å². The first-order valence-corrected chi connectivity index (χ1v) is 12.3. The predicted molar refractivity (Wildman–Crippen MR) is 137 cm³/mol. The molecule has 1 aliphatic carbocycles. The van der Waals surface area contributed by atoms with Crippen molar-refractivity contribution >= 4 is 27.6 Å². The van der Waals surface area contributed by atoms with E-state index >= 15 is 0 Å². The Kier molecular flexibility index (Phi) is 7.40. The second-order valence-corrected chi connectivity index (χ2v) is 9.73. The molecule has 7 nitrogen and oxygen atoms in total. The van der Waals surface area contributed by atoms with Gasteiger partial charge in [-0.1, -0.05) is 42.5 Å². The SMILES string of the molecule is CC1=C(O)C[C@H](c2ccccc2)[C@@H](c2[nH]cc(C)c2[N+](=O)[O-])[C@H]1CCOC(=O)c1ccccc1Br. The highest BCUT2D eigenvalue weighted by atomic mass is 79.9. The van der Waals surface area contributed by atoms with E-state index in [2.05, 4.69) is 20.9 Å². The average Bonchev–Trinajstić information content (AvgIpc) is 3.23. The Morgan fingerprint density at radius 3 is 2.54 bits per heavy atom. The van der Waals surface area contributed by atoms with Crippen LogP contribution in [0.15, 0.2) is 76.6 Å². The molecule has 0 amide bonds. The molecule has 0 fully saturated rings. The van der Waals surface area contributed by atoms with Gasteiger partial charge in [0.05, 0.1) is 28.5 Å². The molecule has 1 aromatic heterocycles. The third-order valence-corrected chi connectivity index (χ3v) is 7.56. The molecule has 0 bridgehead atoms. The quantitative estimate of drug-likeness (QED) is 0.192. The van der Waals surface area contributed by atoms with Crippen LogP contribution in [0.3, 0.4) is 0 Å². The molecule has 2 N–H and O–H groups in total. The van der Waals surface area contributed by atoms with E-state index in [-0.39, 0.29) is 40.7 Å². The number of esters is 1. The zero-order chi connectivity index (χ0) is 25.1. The summed E-state index contributed by atoms with van der Waals surface area (Å²) in [6.07, 6.45) is 2.45. The van der Waals surface area contributed by atoms with Gasteiger partial charge in [-0.15, -0.1) is 0 Å². The molecule has 0 unspecified atom stereocenters. The van der Waals surface area contributed by atoms with Crippen LogP contribution < -0.4 is 0 Å². The normalized spacial score (nSPS) is 20.0. The Balaban J connectivity index is 1.68. The smallest absolute Gasteiger partial charge is 0.339 e. The number of aromatic nitrogens is 1. The topological polar surface area (TPSA) is 105 Å². The molecule has 182 valence electrons. The number of aliphatic hydroxyl groups excluding tert-OH is 1. The van der Waals surface area contributed by atoms with E-state index < -0.39 is 5.97 Å². The lowest BCUT2D eigenvalue weighted by Gasteiger charge is -2.38. The number of aromatic amines is 1. The van der Waals surface area contributed by atoms with Crippen molar-refractivity contribution < 1.29 is 19.6 Å². The monoisotopic (exact) mass is 538 g/mol. The van der Waals surface area contributed by atoms with Gasteiger partial charge in [0.2, 0.25) is 0 Å². The summed E-state index contributed by atoms with van der Waals surface area (Å²) >= 11 is 3.37. The van der Waals surface area contributed by atoms with Gasteiger partial charge in [0.1, 0.15) is 0 Å². The Labute approximate surface area is 212 Å². The first kappa shape index (κ1) is 24.7. The lowest BCUT2D eigenvalue weighted by Crippen LogP contribution is -2.29. The molecule has 2 aromatic carbocycles. The molecule has 0 aliphatic heterocycles. The van der Waals surface area contributed by atoms with Gasteiger partial charge in [0.15, 0.2) is 0 Å². The van der Waals surface area contributed by atoms with Crippen molar-refractivity contribution in [1.29, 1.82) is 0 Å². The van der Waals surface area contributed by atoms with Crippen molar-refractivity contribution in [1.82, 2.24) is 4.98 Å². The van der Waals surface area contributed by atoms with E-state index in [4.69, 9.17) is 4.74 Å². The molecular formula is C27H27BrN2O5. The third-order valence-electron chi connectivity index (χ3n) is 6.86. The average molecular weight is 539 g/mol. The summed E-state index contributed by atoms with van der Waals surface area (Å²) in [5.41, 5.74) is 3.36. The predicted octanol–water partition coefficient (Wildman–Crippen LogP) is 6.96. The van der Waals surface area contributed by atoms with Gasteiger partial charge >= 0.3 is 5.97 Å². The Morgan fingerprint density at radius 1 is 1.17 bits per heavy atom. The fourth-order valence-electron chi connectivity index (χ4n) is 5.10. The van der Waals surface area contributed by atoms with Crippen LogP contribution in [0.1, 0.15) is 58.8 Å². The number of aliphatic hydroxyl groups is 1. The maximum Gasteiger partial charge on any atom is 0.339 e. The van der Waals surface area contributed by atoms with Crippen LogP contribution >= 0.6 is 15.9 Å². The molecule has 0 radical (unpaired) electrons. The van der Waals surface area contributed by atoms with Crippen molar-refractivity contribution in [2.45, 2.75) is 38.5 Å². The first-order valence-electron chi connectivity index (χ1n) is 11.5. The summed E-state index contributed by atoms with van der Waals surface area (Å²) in [7, 11) is 0. The summed E-state index contributed by atoms with van der Waals surface area (Å²) in [5.74, 6) is -0.914. The van der Waals surface area contributed by atoms with Gasteiger partial charge in [-0.2, -0.15) is 0 Å². The number of hydrogen-bond donors (Lipinski definition) is 2. The van der Waals surface area contributed by atoms with E-state index in [0.29, 0.717) is 34.1 Å². The summed E-state index contributed by atoms with van der Waals surface area (Å²) in [6.45, 7) is 3.68. The maximum absolute atomic E-state index is 12.6. The zero-order valence-electron chi connectivity index (χ0n) is 19.5. The number of aryl methyl sites for hydroxylation is 1. The minimum atomic E-state index is -0.447. The highest BCUT2D eigenvalue weighted by Crippen LogP contribution is 2.52. The fourth-order valence-corrected chi connectivity index (χ4v) is 5.55. The number of hydrogen-bond acceptors (Lipinski definition) is 5. The largest absolute Gasteiger partial charge is 0.512 e. The standard InChI is InChI=1S/C27H27BrN2O5/c1-16-15-29-25(26(16)30(33)34)24-19(12-13-35-27(32)20-10-6-7-11-22(20)28)17(2)23(31)14-21(24)18-8-4-3-5-9-18/h3-11,15,19,21,24,29,31H,12-14H2,1-2H3/t19-,21+,24-/m0/s1. The maximum atomic E-state index is 12.6. The molecule has 35 heavy (non-hydrogen) atoms. The summed E-state index contributed by atoms with van der Waals surface area (Å²) in [4.78, 5) is 27.4. The number of rotatable bonds is 7.